The summed E-state index contributed by atoms with van der Waals surface area (Å²) in [6.07, 6.45) is 7.65. The molecule has 0 aromatic rings. The Morgan fingerprint density at radius 1 is 1.33 bits per heavy atom. The third-order valence-electron chi connectivity index (χ3n) is 4.00. The van der Waals surface area contributed by atoms with E-state index in [-0.39, 0.29) is 11.4 Å². The number of rotatable bonds is 7. The Morgan fingerprint density at radius 2 is 2.00 bits per heavy atom. The van der Waals surface area contributed by atoms with E-state index in [9.17, 15) is 9.90 Å². The third-order valence-corrected chi connectivity index (χ3v) is 4.00. The van der Waals surface area contributed by atoms with Crippen LogP contribution in [0.2, 0.25) is 0 Å². The van der Waals surface area contributed by atoms with E-state index in [1.165, 1.54) is 19.3 Å². The highest BCUT2D eigenvalue weighted by atomic mass is 16.3. The third kappa shape index (κ3) is 4.94. The van der Waals surface area contributed by atoms with E-state index in [1.807, 2.05) is 14.0 Å². The highest BCUT2D eigenvalue weighted by Crippen LogP contribution is 2.30. The van der Waals surface area contributed by atoms with Crippen LogP contribution in [-0.4, -0.2) is 36.2 Å². The van der Waals surface area contributed by atoms with Crippen LogP contribution in [0.5, 0.6) is 0 Å². The Balaban J connectivity index is 2.33. The highest BCUT2D eigenvalue weighted by molar-refractivity contribution is 5.77. The minimum Gasteiger partial charge on any atom is -0.391 e. The first-order valence-corrected chi connectivity index (χ1v) is 7.25. The van der Waals surface area contributed by atoms with Crippen molar-refractivity contribution in [2.45, 2.75) is 69.9 Å². The van der Waals surface area contributed by atoms with Gasteiger partial charge in [0.1, 0.15) is 0 Å². The summed E-state index contributed by atoms with van der Waals surface area (Å²) >= 11 is 0. The van der Waals surface area contributed by atoms with E-state index in [0.29, 0.717) is 13.0 Å². The fourth-order valence-corrected chi connectivity index (χ4v) is 2.78. The number of aliphatic hydroxyl groups is 1. The Hall–Kier alpha value is -0.610. The summed E-state index contributed by atoms with van der Waals surface area (Å²) in [5, 5.41) is 15.8. The van der Waals surface area contributed by atoms with Crippen molar-refractivity contribution in [3.63, 3.8) is 0 Å². The molecule has 0 aliphatic heterocycles. The van der Waals surface area contributed by atoms with Gasteiger partial charge in [0.15, 0.2) is 0 Å². The summed E-state index contributed by atoms with van der Waals surface area (Å²) < 4.78 is 0. The van der Waals surface area contributed by atoms with Gasteiger partial charge in [0.2, 0.25) is 5.91 Å². The molecule has 3 N–H and O–H groups in total. The van der Waals surface area contributed by atoms with E-state index < -0.39 is 6.10 Å². The molecule has 1 unspecified atom stereocenters. The van der Waals surface area contributed by atoms with Crippen molar-refractivity contribution in [1.82, 2.24) is 10.6 Å². The van der Waals surface area contributed by atoms with Crippen LogP contribution in [0.25, 0.3) is 0 Å². The molecule has 18 heavy (non-hydrogen) atoms. The Kier molecular flexibility index (Phi) is 6.65. The molecule has 1 aliphatic rings. The maximum Gasteiger partial charge on any atom is 0.221 e. The van der Waals surface area contributed by atoms with Gasteiger partial charge in [-0.3, -0.25) is 4.79 Å². The predicted molar refractivity (Wildman–Crippen MR) is 73.4 cm³/mol. The van der Waals surface area contributed by atoms with Gasteiger partial charge >= 0.3 is 0 Å². The normalized spacial score (nSPS) is 20.4. The lowest BCUT2D eigenvalue weighted by atomic mass is 9.79. The first kappa shape index (κ1) is 15.4. The molecule has 4 heteroatoms. The number of hydrogen-bond donors (Lipinski definition) is 3. The summed E-state index contributed by atoms with van der Waals surface area (Å²) in [5.74, 6) is 0.0569. The van der Waals surface area contributed by atoms with E-state index >= 15 is 0 Å². The summed E-state index contributed by atoms with van der Waals surface area (Å²) in [6.45, 7) is 2.41. The lowest BCUT2D eigenvalue weighted by molar-refractivity contribution is -0.123. The maximum absolute atomic E-state index is 11.9. The number of carbonyl (C=O) groups excluding carboxylic acids is 1. The average Bonchev–Trinajstić information content (AvgIpc) is 2.38. The lowest BCUT2D eigenvalue weighted by Gasteiger charge is -2.36. The second-order valence-electron chi connectivity index (χ2n) is 5.51. The van der Waals surface area contributed by atoms with Crippen molar-refractivity contribution in [3.8, 4) is 0 Å². The van der Waals surface area contributed by atoms with Crippen molar-refractivity contribution in [2.24, 2.45) is 0 Å². The summed E-state index contributed by atoms with van der Waals surface area (Å²) in [5.41, 5.74) is -0.0158. The van der Waals surface area contributed by atoms with E-state index in [2.05, 4.69) is 10.6 Å². The summed E-state index contributed by atoms with van der Waals surface area (Å²) in [4.78, 5) is 11.9. The van der Waals surface area contributed by atoms with E-state index in [4.69, 9.17) is 0 Å². The van der Waals surface area contributed by atoms with Gasteiger partial charge in [-0.15, -0.1) is 0 Å². The number of amides is 1. The zero-order valence-corrected chi connectivity index (χ0v) is 11.8. The lowest BCUT2D eigenvalue weighted by Crippen LogP contribution is -2.48. The Labute approximate surface area is 111 Å². The van der Waals surface area contributed by atoms with Crippen LogP contribution in [-0.2, 0) is 4.79 Å². The van der Waals surface area contributed by atoms with Gasteiger partial charge in [-0.1, -0.05) is 32.6 Å². The second-order valence-corrected chi connectivity index (χ2v) is 5.51. The number of nitrogens with one attached hydrogen (secondary N) is 2. The number of hydrogen-bond acceptors (Lipinski definition) is 3. The van der Waals surface area contributed by atoms with Gasteiger partial charge in [-0.25, -0.2) is 0 Å². The van der Waals surface area contributed by atoms with E-state index in [1.54, 1.807) is 0 Å². The first-order valence-electron chi connectivity index (χ1n) is 7.25. The van der Waals surface area contributed by atoms with Gasteiger partial charge in [0, 0.05) is 18.5 Å². The quantitative estimate of drug-likeness (QED) is 0.648. The molecule has 1 aliphatic carbocycles. The fourth-order valence-electron chi connectivity index (χ4n) is 2.78. The first-order chi connectivity index (χ1) is 8.62. The van der Waals surface area contributed by atoms with Crippen LogP contribution in [0.3, 0.4) is 0 Å². The molecule has 0 saturated heterocycles. The summed E-state index contributed by atoms with van der Waals surface area (Å²) in [6, 6.07) is 0. The molecule has 0 spiro atoms. The monoisotopic (exact) mass is 256 g/mol. The Bertz CT molecular complexity index is 250. The van der Waals surface area contributed by atoms with E-state index in [0.717, 1.165) is 25.7 Å². The van der Waals surface area contributed by atoms with Crippen molar-refractivity contribution in [3.05, 3.63) is 0 Å². The molecule has 1 amide bonds. The zero-order chi connectivity index (χ0) is 13.4. The molecular formula is C14H28N2O2. The topological polar surface area (TPSA) is 61.4 Å². The van der Waals surface area contributed by atoms with Crippen molar-refractivity contribution >= 4 is 5.91 Å². The minimum atomic E-state index is -0.407. The number of carbonyl (C=O) groups is 1. The zero-order valence-electron chi connectivity index (χ0n) is 11.8. The standard InChI is InChI=1S/C14H28N2O2/c1-3-7-12(17)11-16-13(18)10-14(15-2)8-5-4-6-9-14/h12,15,17H,3-11H2,1-2H3,(H,16,18). The Morgan fingerprint density at radius 3 is 2.56 bits per heavy atom. The number of aliphatic hydroxyl groups excluding tert-OH is 1. The van der Waals surface area contributed by atoms with Crippen molar-refractivity contribution in [1.29, 1.82) is 0 Å². The van der Waals surface area contributed by atoms with Gasteiger partial charge in [-0.2, -0.15) is 0 Å². The molecule has 0 aromatic heterocycles. The van der Waals surface area contributed by atoms with Gasteiger partial charge in [0.25, 0.3) is 0 Å². The smallest absolute Gasteiger partial charge is 0.221 e. The largest absolute Gasteiger partial charge is 0.391 e. The molecule has 1 atom stereocenters. The predicted octanol–water partition coefficient (Wildman–Crippen LogP) is 1.58. The van der Waals surface area contributed by atoms with Gasteiger partial charge in [0.05, 0.1) is 6.10 Å². The molecule has 0 radical (unpaired) electrons. The molecule has 1 rings (SSSR count). The average molecular weight is 256 g/mol. The van der Waals surface area contributed by atoms with Crippen LogP contribution < -0.4 is 10.6 Å². The molecule has 1 saturated carbocycles. The SMILES string of the molecule is CCCC(O)CNC(=O)CC1(NC)CCCCC1. The summed E-state index contributed by atoms with van der Waals surface area (Å²) in [7, 11) is 1.95. The molecule has 0 bridgehead atoms. The second kappa shape index (κ2) is 7.74. The molecular weight excluding hydrogens is 228 g/mol. The molecule has 0 aromatic carbocycles. The molecule has 4 nitrogen and oxygen atoms in total. The van der Waals surface area contributed by atoms with Gasteiger partial charge < -0.3 is 15.7 Å². The molecule has 106 valence electrons. The van der Waals surface area contributed by atoms with Crippen LogP contribution in [0.15, 0.2) is 0 Å². The van der Waals surface area contributed by atoms with Crippen LogP contribution >= 0.6 is 0 Å². The van der Waals surface area contributed by atoms with Crippen LogP contribution in [0.4, 0.5) is 0 Å². The maximum atomic E-state index is 11.9. The molecule has 0 heterocycles. The van der Waals surface area contributed by atoms with Gasteiger partial charge in [-0.05, 0) is 26.3 Å². The van der Waals surface area contributed by atoms with Crippen molar-refractivity contribution < 1.29 is 9.90 Å². The van der Waals surface area contributed by atoms with Crippen LogP contribution in [0, 0.1) is 0 Å². The fraction of sp³-hybridized carbons (Fsp3) is 0.929. The van der Waals surface area contributed by atoms with Crippen molar-refractivity contribution in [2.75, 3.05) is 13.6 Å². The molecule has 1 fully saturated rings. The highest BCUT2D eigenvalue weighted by Gasteiger charge is 2.32. The minimum absolute atomic E-state index is 0.0158. The van der Waals surface area contributed by atoms with Crippen LogP contribution in [0.1, 0.15) is 58.3 Å².